The largest absolute Gasteiger partial charge is 0.384 e. The van der Waals surface area contributed by atoms with Crippen molar-refractivity contribution >= 4 is 29.0 Å². The average Bonchev–Trinajstić information content (AvgIpc) is 2.76. The van der Waals surface area contributed by atoms with Crippen LogP contribution in [0.2, 0.25) is 5.15 Å². The Bertz CT molecular complexity index is 588. The van der Waals surface area contributed by atoms with E-state index >= 15 is 0 Å². The van der Waals surface area contributed by atoms with Crippen LogP contribution in [-0.4, -0.2) is 20.7 Å². The number of hydrogen-bond acceptors (Lipinski definition) is 4. The van der Waals surface area contributed by atoms with Crippen LogP contribution in [-0.2, 0) is 0 Å². The summed E-state index contributed by atoms with van der Waals surface area (Å²) in [6, 6.07) is 3.16. The van der Waals surface area contributed by atoms with Gasteiger partial charge in [-0.25, -0.2) is 4.98 Å². The fourth-order valence-electron chi connectivity index (χ4n) is 1.54. The summed E-state index contributed by atoms with van der Waals surface area (Å²) < 4.78 is 1.75. The van der Waals surface area contributed by atoms with E-state index < -0.39 is 0 Å². The van der Waals surface area contributed by atoms with Crippen LogP contribution in [0.1, 0.15) is 30.2 Å². The molecular formula is C12H14ClN5O. The van der Waals surface area contributed by atoms with Crippen molar-refractivity contribution in [2.45, 2.75) is 19.9 Å². The van der Waals surface area contributed by atoms with Gasteiger partial charge in [-0.05, 0) is 26.0 Å². The Morgan fingerprint density at radius 2 is 2.21 bits per heavy atom. The average molecular weight is 280 g/mol. The number of aromatic nitrogens is 3. The van der Waals surface area contributed by atoms with Crippen molar-refractivity contribution < 1.29 is 4.79 Å². The Hall–Kier alpha value is -2.08. The van der Waals surface area contributed by atoms with Crippen LogP contribution >= 0.6 is 11.6 Å². The third kappa shape index (κ3) is 3.23. The molecule has 2 rings (SSSR count). The topological polar surface area (TPSA) is 85.8 Å². The van der Waals surface area contributed by atoms with Gasteiger partial charge >= 0.3 is 0 Å². The van der Waals surface area contributed by atoms with Gasteiger partial charge in [0.05, 0.1) is 11.9 Å². The number of carbonyl (C=O) groups is 1. The molecule has 0 aliphatic heterocycles. The monoisotopic (exact) mass is 279 g/mol. The van der Waals surface area contributed by atoms with Crippen molar-refractivity contribution in [3.63, 3.8) is 0 Å². The fraction of sp³-hybridized carbons (Fsp3) is 0.250. The molecule has 0 aromatic carbocycles. The van der Waals surface area contributed by atoms with E-state index in [2.05, 4.69) is 15.4 Å². The summed E-state index contributed by atoms with van der Waals surface area (Å²) in [4.78, 5) is 15.8. The highest BCUT2D eigenvalue weighted by Gasteiger charge is 2.10. The van der Waals surface area contributed by atoms with Crippen LogP contribution in [0.3, 0.4) is 0 Å². The number of anilines is 2. The highest BCUT2D eigenvalue weighted by molar-refractivity contribution is 6.30. The quantitative estimate of drug-likeness (QED) is 0.845. The molecule has 0 radical (unpaired) electrons. The minimum Gasteiger partial charge on any atom is -0.384 e. The maximum atomic E-state index is 12.0. The highest BCUT2D eigenvalue weighted by atomic mass is 35.5. The van der Waals surface area contributed by atoms with Crippen molar-refractivity contribution in [3.8, 4) is 0 Å². The van der Waals surface area contributed by atoms with Gasteiger partial charge in [-0.15, -0.1) is 0 Å². The molecule has 3 N–H and O–H groups in total. The van der Waals surface area contributed by atoms with E-state index in [9.17, 15) is 4.79 Å². The zero-order chi connectivity index (χ0) is 14.0. The normalized spacial score (nSPS) is 10.7. The number of carbonyl (C=O) groups excluding carboxylic acids is 1. The second kappa shape index (κ2) is 5.27. The van der Waals surface area contributed by atoms with E-state index in [-0.39, 0.29) is 22.9 Å². The highest BCUT2D eigenvalue weighted by Crippen LogP contribution is 2.15. The van der Waals surface area contributed by atoms with Gasteiger partial charge < -0.3 is 11.1 Å². The van der Waals surface area contributed by atoms with Crippen molar-refractivity contribution in [2.24, 2.45) is 0 Å². The Morgan fingerprint density at radius 3 is 2.79 bits per heavy atom. The second-order valence-electron chi connectivity index (χ2n) is 4.36. The molecule has 0 spiro atoms. The van der Waals surface area contributed by atoms with Gasteiger partial charge in [-0.1, -0.05) is 11.6 Å². The molecule has 0 atom stereocenters. The lowest BCUT2D eigenvalue weighted by molar-refractivity contribution is 0.102. The second-order valence-corrected chi connectivity index (χ2v) is 4.75. The number of hydrogen-bond donors (Lipinski definition) is 2. The van der Waals surface area contributed by atoms with Gasteiger partial charge in [0, 0.05) is 17.8 Å². The van der Waals surface area contributed by atoms with Gasteiger partial charge in [0.15, 0.2) is 0 Å². The number of nitrogens with two attached hydrogens (primary N) is 1. The summed E-state index contributed by atoms with van der Waals surface area (Å²) >= 11 is 5.76. The fourth-order valence-corrected chi connectivity index (χ4v) is 1.75. The van der Waals surface area contributed by atoms with Crippen molar-refractivity contribution in [2.75, 3.05) is 11.1 Å². The number of amides is 1. The lowest BCUT2D eigenvalue weighted by Gasteiger charge is -2.05. The summed E-state index contributed by atoms with van der Waals surface area (Å²) in [7, 11) is 0. The SMILES string of the molecule is CC(C)n1cc(NC(=O)c2cc(N)nc(Cl)c2)cn1. The van der Waals surface area contributed by atoms with Crippen molar-refractivity contribution in [1.29, 1.82) is 0 Å². The predicted molar refractivity (Wildman–Crippen MR) is 74.2 cm³/mol. The number of pyridine rings is 1. The minimum atomic E-state index is -0.306. The van der Waals surface area contributed by atoms with E-state index in [0.29, 0.717) is 11.3 Å². The summed E-state index contributed by atoms with van der Waals surface area (Å²) in [6.45, 7) is 4.00. The summed E-state index contributed by atoms with van der Waals surface area (Å²) in [5.74, 6) is -0.102. The van der Waals surface area contributed by atoms with Gasteiger partial charge in [0.2, 0.25) is 0 Å². The number of rotatable bonds is 3. The van der Waals surface area contributed by atoms with Crippen LogP contribution in [0.25, 0.3) is 0 Å². The lowest BCUT2D eigenvalue weighted by Crippen LogP contribution is -2.12. The molecule has 2 heterocycles. The first-order valence-corrected chi connectivity index (χ1v) is 6.12. The molecule has 7 heteroatoms. The predicted octanol–water partition coefficient (Wildman–Crippen LogP) is 2.35. The van der Waals surface area contributed by atoms with Crippen LogP contribution < -0.4 is 11.1 Å². The first kappa shape index (κ1) is 13.4. The van der Waals surface area contributed by atoms with E-state index in [1.54, 1.807) is 17.1 Å². The Balaban J connectivity index is 2.15. The number of nitrogen functional groups attached to an aromatic ring is 1. The zero-order valence-corrected chi connectivity index (χ0v) is 11.3. The molecule has 0 aliphatic carbocycles. The number of halogens is 1. The van der Waals surface area contributed by atoms with E-state index in [4.69, 9.17) is 17.3 Å². The first-order chi connectivity index (χ1) is 8.95. The smallest absolute Gasteiger partial charge is 0.255 e. The van der Waals surface area contributed by atoms with E-state index in [1.165, 1.54) is 12.1 Å². The molecule has 0 bridgehead atoms. The molecule has 0 aliphatic rings. The summed E-state index contributed by atoms with van der Waals surface area (Å²) in [5.41, 5.74) is 6.51. The molecule has 0 saturated carbocycles. The summed E-state index contributed by atoms with van der Waals surface area (Å²) in [6.07, 6.45) is 3.35. The van der Waals surface area contributed by atoms with E-state index in [0.717, 1.165) is 0 Å². The van der Waals surface area contributed by atoms with Crippen LogP contribution in [0.4, 0.5) is 11.5 Å². The van der Waals surface area contributed by atoms with Crippen molar-refractivity contribution in [1.82, 2.24) is 14.8 Å². The number of nitrogens with zero attached hydrogens (tertiary/aromatic N) is 3. The third-order valence-electron chi connectivity index (χ3n) is 2.46. The molecule has 100 valence electrons. The zero-order valence-electron chi connectivity index (χ0n) is 10.6. The van der Waals surface area contributed by atoms with Crippen LogP contribution in [0, 0.1) is 0 Å². The van der Waals surface area contributed by atoms with Gasteiger partial charge in [0.25, 0.3) is 5.91 Å². The minimum absolute atomic E-state index is 0.183. The van der Waals surface area contributed by atoms with Crippen molar-refractivity contribution in [3.05, 3.63) is 35.2 Å². The number of nitrogens with one attached hydrogen (secondary N) is 1. The standard InChI is InChI=1S/C12H14ClN5O/c1-7(2)18-6-9(5-15-18)16-12(19)8-3-10(13)17-11(14)4-8/h3-7H,1-2H3,(H2,14,17)(H,16,19). The van der Waals surface area contributed by atoms with Gasteiger partial charge in [0.1, 0.15) is 11.0 Å². The molecule has 0 unspecified atom stereocenters. The molecule has 0 fully saturated rings. The molecule has 2 aromatic heterocycles. The molecule has 1 amide bonds. The van der Waals surface area contributed by atoms with Crippen LogP contribution in [0.15, 0.2) is 24.5 Å². The Morgan fingerprint density at radius 1 is 1.47 bits per heavy atom. The first-order valence-electron chi connectivity index (χ1n) is 5.74. The Labute approximate surface area is 115 Å². The molecular weight excluding hydrogens is 266 g/mol. The molecule has 0 saturated heterocycles. The third-order valence-corrected chi connectivity index (χ3v) is 2.66. The van der Waals surface area contributed by atoms with E-state index in [1.807, 2.05) is 13.8 Å². The maximum absolute atomic E-state index is 12.0. The summed E-state index contributed by atoms with van der Waals surface area (Å²) in [5, 5.41) is 7.04. The van der Waals surface area contributed by atoms with Gasteiger partial charge in [-0.2, -0.15) is 5.10 Å². The molecule has 6 nitrogen and oxygen atoms in total. The maximum Gasteiger partial charge on any atom is 0.255 e. The molecule has 19 heavy (non-hydrogen) atoms. The van der Waals surface area contributed by atoms with Gasteiger partial charge in [-0.3, -0.25) is 9.48 Å². The lowest BCUT2D eigenvalue weighted by atomic mass is 10.2. The Kier molecular flexibility index (Phi) is 3.71. The van der Waals surface area contributed by atoms with Crippen LogP contribution in [0.5, 0.6) is 0 Å². The molecule has 2 aromatic rings.